The molecule has 1 aromatic rings. The molecule has 0 amide bonds. The number of nitrogens with zero attached hydrogens (tertiary/aromatic N) is 2. The molecule has 1 aliphatic heterocycles. The molecule has 0 saturated heterocycles. The summed E-state index contributed by atoms with van der Waals surface area (Å²) in [6, 6.07) is 2.17. The third-order valence-electron chi connectivity index (χ3n) is 2.06. The van der Waals surface area contributed by atoms with E-state index in [-0.39, 0.29) is 12.4 Å². The summed E-state index contributed by atoms with van der Waals surface area (Å²) in [6.45, 7) is 3.11. The van der Waals surface area contributed by atoms with Crippen molar-refractivity contribution in [3.63, 3.8) is 0 Å². The van der Waals surface area contributed by atoms with Crippen molar-refractivity contribution in [3.05, 3.63) is 17.0 Å². The van der Waals surface area contributed by atoms with Crippen LogP contribution in [0.25, 0.3) is 0 Å². The fourth-order valence-electron chi connectivity index (χ4n) is 1.34. The summed E-state index contributed by atoms with van der Waals surface area (Å²) >= 11 is 1.75. The van der Waals surface area contributed by atoms with Crippen LogP contribution >= 0.6 is 23.7 Å². The molecule has 5 heteroatoms. The lowest BCUT2D eigenvalue weighted by Crippen LogP contribution is -2.14. The van der Waals surface area contributed by atoms with Gasteiger partial charge in [0.15, 0.2) is 0 Å². The second-order valence-electron chi connectivity index (χ2n) is 3.13. The van der Waals surface area contributed by atoms with Crippen molar-refractivity contribution in [2.24, 2.45) is 5.10 Å². The first kappa shape index (κ1) is 11.3. The first-order valence-corrected chi connectivity index (χ1v) is 5.25. The summed E-state index contributed by atoms with van der Waals surface area (Å²) < 4.78 is 0. The molecule has 0 aliphatic carbocycles. The fourth-order valence-corrected chi connectivity index (χ4v) is 2.23. The van der Waals surface area contributed by atoms with Crippen LogP contribution in [0.4, 0.5) is 5.00 Å². The van der Waals surface area contributed by atoms with Gasteiger partial charge in [0.2, 0.25) is 0 Å². The smallest absolute Gasteiger partial charge is 0.124 e. The Bertz CT molecular complexity index is 335. The van der Waals surface area contributed by atoms with E-state index in [9.17, 15) is 0 Å². The molecule has 1 N–H and O–H groups in total. The summed E-state index contributed by atoms with van der Waals surface area (Å²) in [5.41, 5.74) is 1.31. The second-order valence-corrected chi connectivity index (χ2v) is 4.02. The molecule has 0 saturated carbocycles. The molecule has 78 valence electrons. The predicted octanol–water partition coefficient (Wildman–Crippen LogP) is 2.22. The molecule has 0 aromatic carbocycles. The van der Waals surface area contributed by atoms with Crippen LogP contribution in [-0.2, 0) is 0 Å². The molecule has 0 fully saturated rings. The van der Waals surface area contributed by atoms with Crippen LogP contribution in [0.2, 0.25) is 0 Å². The SMILES string of the molecule is CNC1=NN(c2cc(C)cs2)CC1.Cl. The molecule has 0 bridgehead atoms. The lowest BCUT2D eigenvalue weighted by Gasteiger charge is -2.08. The Kier molecular flexibility index (Phi) is 3.77. The molecule has 2 rings (SSSR count). The Labute approximate surface area is 94.2 Å². The van der Waals surface area contributed by atoms with Crippen molar-refractivity contribution in [2.75, 3.05) is 18.6 Å². The minimum Gasteiger partial charge on any atom is -0.375 e. The highest BCUT2D eigenvalue weighted by atomic mass is 35.5. The molecule has 3 nitrogen and oxygen atoms in total. The van der Waals surface area contributed by atoms with Crippen LogP contribution in [-0.4, -0.2) is 19.4 Å². The van der Waals surface area contributed by atoms with Crippen molar-refractivity contribution in [1.29, 1.82) is 0 Å². The molecule has 1 aliphatic rings. The van der Waals surface area contributed by atoms with Crippen LogP contribution in [0, 0.1) is 6.92 Å². The maximum Gasteiger partial charge on any atom is 0.124 e. The van der Waals surface area contributed by atoms with Gasteiger partial charge >= 0.3 is 0 Å². The van der Waals surface area contributed by atoms with E-state index < -0.39 is 0 Å². The quantitative estimate of drug-likeness (QED) is 0.803. The number of halogens is 1. The predicted molar refractivity (Wildman–Crippen MR) is 64.8 cm³/mol. The van der Waals surface area contributed by atoms with Crippen molar-refractivity contribution in [3.8, 4) is 0 Å². The van der Waals surface area contributed by atoms with Crippen LogP contribution < -0.4 is 10.3 Å². The number of amidine groups is 1. The van der Waals surface area contributed by atoms with Gasteiger partial charge in [-0.2, -0.15) is 5.10 Å². The van der Waals surface area contributed by atoms with Crippen LogP contribution in [0.1, 0.15) is 12.0 Å². The van der Waals surface area contributed by atoms with Gasteiger partial charge in [0.05, 0.1) is 0 Å². The Morgan fingerprint density at radius 1 is 1.57 bits per heavy atom. The number of aryl methyl sites for hydroxylation is 1. The van der Waals surface area contributed by atoms with Gasteiger partial charge in [-0.05, 0) is 23.9 Å². The third kappa shape index (κ3) is 2.19. The number of hydrogen-bond donors (Lipinski definition) is 1. The highest BCUT2D eigenvalue weighted by Crippen LogP contribution is 2.26. The fraction of sp³-hybridized carbons (Fsp3) is 0.444. The Morgan fingerprint density at radius 3 is 2.86 bits per heavy atom. The van der Waals surface area contributed by atoms with Gasteiger partial charge in [0.25, 0.3) is 0 Å². The summed E-state index contributed by atoms with van der Waals surface area (Å²) in [7, 11) is 1.92. The average Bonchev–Trinajstić information content (AvgIpc) is 2.71. The van der Waals surface area contributed by atoms with Crippen molar-refractivity contribution >= 4 is 34.6 Å². The van der Waals surface area contributed by atoms with Gasteiger partial charge in [-0.15, -0.1) is 23.7 Å². The summed E-state index contributed by atoms with van der Waals surface area (Å²) in [5, 5.41) is 13.0. The summed E-state index contributed by atoms with van der Waals surface area (Å²) in [4.78, 5) is 0. The average molecular weight is 232 g/mol. The molecular formula is C9H14ClN3S. The van der Waals surface area contributed by atoms with Crippen LogP contribution in [0.3, 0.4) is 0 Å². The van der Waals surface area contributed by atoms with E-state index >= 15 is 0 Å². The Hall–Kier alpha value is -0.740. The molecule has 0 spiro atoms. The van der Waals surface area contributed by atoms with Gasteiger partial charge in [-0.25, -0.2) is 0 Å². The first-order chi connectivity index (χ1) is 6.29. The summed E-state index contributed by atoms with van der Waals surface area (Å²) in [6.07, 6.45) is 1.02. The normalized spacial score (nSPS) is 15.0. The first-order valence-electron chi connectivity index (χ1n) is 4.37. The van der Waals surface area contributed by atoms with Gasteiger partial charge in [0.1, 0.15) is 10.8 Å². The highest BCUT2D eigenvalue weighted by Gasteiger charge is 2.15. The van der Waals surface area contributed by atoms with Crippen LogP contribution in [0.15, 0.2) is 16.5 Å². The van der Waals surface area contributed by atoms with Crippen LogP contribution in [0.5, 0.6) is 0 Å². The second kappa shape index (κ2) is 4.66. The molecule has 0 radical (unpaired) electrons. The van der Waals surface area contributed by atoms with Gasteiger partial charge in [-0.3, -0.25) is 5.01 Å². The number of rotatable bonds is 1. The Balaban J connectivity index is 0.000000980. The molecule has 2 heterocycles. The highest BCUT2D eigenvalue weighted by molar-refractivity contribution is 7.14. The summed E-state index contributed by atoms with van der Waals surface area (Å²) in [5.74, 6) is 1.08. The minimum absolute atomic E-state index is 0. The molecule has 1 aromatic heterocycles. The molecule has 14 heavy (non-hydrogen) atoms. The van der Waals surface area contributed by atoms with E-state index in [4.69, 9.17) is 0 Å². The maximum absolute atomic E-state index is 4.44. The largest absolute Gasteiger partial charge is 0.375 e. The van der Waals surface area contributed by atoms with Crippen molar-refractivity contribution < 1.29 is 0 Å². The Morgan fingerprint density at radius 2 is 2.36 bits per heavy atom. The number of nitrogens with one attached hydrogen (secondary N) is 1. The van der Waals surface area contributed by atoms with E-state index in [1.54, 1.807) is 11.3 Å². The van der Waals surface area contributed by atoms with Gasteiger partial charge in [0, 0.05) is 20.0 Å². The number of hydrazone groups is 1. The van der Waals surface area contributed by atoms with E-state index in [0.717, 1.165) is 18.8 Å². The van der Waals surface area contributed by atoms with E-state index in [0.29, 0.717) is 0 Å². The zero-order chi connectivity index (χ0) is 9.26. The number of anilines is 1. The lowest BCUT2D eigenvalue weighted by molar-refractivity contribution is 0.933. The van der Waals surface area contributed by atoms with Gasteiger partial charge in [-0.1, -0.05) is 0 Å². The molecule has 0 unspecified atom stereocenters. The van der Waals surface area contributed by atoms with Crippen molar-refractivity contribution in [2.45, 2.75) is 13.3 Å². The molecule has 0 atom stereocenters. The van der Waals surface area contributed by atoms with E-state index in [1.807, 2.05) is 7.05 Å². The third-order valence-corrected chi connectivity index (χ3v) is 3.12. The monoisotopic (exact) mass is 231 g/mol. The number of thiophene rings is 1. The number of hydrogen-bond acceptors (Lipinski definition) is 4. The standard InChI is InChI=1S/C9H13N3S.ClH/c1-7-5-9(13-6-7)12-4-3-8(10-2)11-12;/h5-6H,3-4H2,1-2H3,(H,10,11);1H. The van der Waals surface area contributed by atoms with E-state index in [1.165, 1.54) is 10.6 Å². The molecular weight excluding hydrogens is 218 g/mol. The zero-order valence-corrected chi connectivity index (χ0v) is 9.91. The van der Waals surface area contributed by atoms with Gasteiger partial charge < -0.3 is 5.32 Å². The van der Waals surface area contributed by atoms with Crippen molar-refractivity contribution in [1.82, 2.24) is 5.32 Å². The topological polar surface area (TPSA) is 27.6 Å². The minimum atomic E-state index is 0. The maximum atomic E-state index is 4.44. The lowest BCUT2D eigenvalue weighted by atomic mass is 10.4. The van der Waals surface area contributed by atoms with E-state index in [2.05, 4.69) is 33.8 Å². The zero-order valence-electron chi connectivity index (χ0n) is 8.28.